The second-order valence-corrected chi connectivity index (χ2v) is 8.44. The standard InChI is InChI=1S/C24H23ClN2O3S/c1-3-22(24(29)26-18-12-10-17(25)11-13-18)31-21-9-5-7-19(15-21)27-23(28)16-6-4-8-20(14-16)30-2/h4-15,22H,3H2,1-2H3,(H,26,29)(H,27,28). The minimum Gasteiger partial charge on any atom is -0.497 e. The summed E-state index contributed by atoms with van der Waals surface area (Å²) >= 11 is 7.35. The van der Waals surface area contributed by atoms with Crippen LogP contribution in [0.3, 0.4) is 0 Å². The zero-order chi connectivity index (χ0) is 22.2. The van der Waals surface area contributed by atoms with Crippen LogP contribution in [-0.2, 0) is 4.79 Å². The van der Waals surface area contributed by atoms with Gasteiger partial charge in [-0.05, 0) is 67.1 Å². The van der Waals surface area contributed by atoms with Crippen LogP contribution in [0.2, 0.25) is 5.02 Å². The summed E-state index contributed by atoms with van der Waals surface area (Å²) in [4.78, 5) is 26.1. The Bertz CT molecular complexity index is 1060. The minimum atomic E-state index is -0.278. The molecule has 7 heteroatoms. The number of amides is 2. The molecule has 2 N–H and O–H groups in total. The van der Waals surface area contributed by atoms with Gasteiger partial charge in [-0.1, -0.05) is 30.7 Å². The van der Waals surface area contributed by atoms with Gasteiger partial charge in [-0.15, -0.1) is 11.8 Å². The van der Waals surface area contributed by atoms with Gasteiger partial charge in [-0.25, -0.2) is 0 Å². The van der Waals surface area contributed by atoms with Crippen LogP contribution in [0, 0.1) is 0 Å². The van der Waals surface area contributed by atoms with Crippen LogP contribution in [0.15, 0.2) is 77.7 Å². The summed E-state index contributed by atoms with van der Waals surface area (Å²) in [5.74, 6) is 0.309. The van der Waals surface area contributed by atoms with Crippen molar-refractivity contribution < 1.29 is 14.3 Å². The Morgan fingerprint density at radius 3 is 2.42 bits per heavy atom. The van der Waals surface area contributed by atoms with Crippen LogP contribution >= 0.6 is 23.4 Å². The average Bonchev–Trinajstić information content (AvgIpc) is 2.79. The highest BCUT2D eigenvalue weighted by Gasteiger charge is 2.18. The fourth-order valence-corrected chi connectivity index (χ4v) is 4.00. The van der Waals surface area contributed by atoms with Crippen LogP contribution in [-0.4, -0.2) is 24.2 Å². The Balaban J connectivity index is 1.66. The molecule has 0 fully saturated rings. The number of nitrogens with one attached hydrogen (secondary N) is 2. The first-order valence-corrected chi connectivity index (χ1v) is 11.0. The molecule has 31 heavy (non-hydrogen) atoms. The average molecular weight is 455 g/mol. The molecule has 3 aromatic rings. The Kier molecular flexibility index (Phi) is 7.98. The van der Waals surface area contributed by atoms with Crippen molar-refractivity contribution in [3.8, 4) is 5.75 Å². The highest BCUT2D eigenvalue weighted by atomic mass is 35.5. The molecule has 2 amide bonds. The molecule has 0 aliphatic carbocycles. The molecular formula is C24H23ClN2O3S. The maximum Gasteiger partial charge on any atom is 0.255 e. The summed E-state index contributed by atoms with van der Waals surface area (Å²) in [7, 11) is 1.56. The van der Waals surface area contributed by atoms with Crippen LogP contribution in [0.4, 0.5) is 11.4 Å². The summed E-state index contributed by atoms with van der Waals surface area (Å²) in [6.45, 7) is 1.97. The second kappa shape index (κ2) is 10.9. The first kappa shape index (κ1) is 22.7. The fraction of sp³-hybridized carbons (Fsp3) is 0.167. The maximum absolute atomic E-state index is 12.7. The monoisotopic (exact) mass is 454 g/mol. The van der Waals surface area contributed by atoms with Gasteiger partial charge in [0.2, 0.25) is 5.91 Å². The summed E-state index contributed by atoms with van der Waals surface area (Å²) in [5.41, 5.74) is 1.87. The van der Waals surface area contributed by atoms with Gasteiger partial charge in [-0.3, -0.25) is 9.59 Å². The van der Waals surface area contributed by atoms with Crippen molar-refractivity contribution in [3.05, 3.63) is 83.4 Å². The number of thioether (sulfide) groups is 1. The zero-order valence-corrected chi connectivity index (χ0v) is 18.8. The SMILES string of the molecule is CCC(Sc1cccc(NC(=O)c2cccc(OC)c2)c1)C(=O)Nc1ccc(Cl)cc1. The molecule has 3 rings (SSSR count). The van der Waals surface area contributed by atoms with Crippen molar-refractivity contribution in [2.24, 2.45) is 0 Å². The molecular weight excluding hydrogens is 432 g/mol. The Morgan fingerprint density at radius 2 is 1.71 bits per heavy atom. The number of carbonyl (C=O) groups excluding carboxylic acids is 2. The first-order chi connectivity index (χ1) is 15.0. The lowest BCUT2D eigenvalue weighted by Gasteiger charge is -2.15. The minimum absolute atomic E-state index is 0.0827. The van der Waals surface area contributed by atoms with Crippen molar-refractivity contribution in [2.45, 2.75) is 23.5 Å². The third kappa shape index (κ3) is 6.51. The highest BCUT2D eigenvalue weighted by Crippen LogP contribution is 2.29. The lowest BCUT2D eigenvalue weighted by atomic mass is 10.2. The Hall–Kier alpha value is -2.96. The number of anilines is 2. The number of hydrogen-bond acceptors (Lipinski definition) is 4. The number of benzene rings is 3. The predicted octanol–water partition coefficient (Wildman–Crippen LogP) is 6.11. The van der Waals surface area contributed by atoms with E-state index in [2.05, 4.69) is 10.6 Å². The van der Waals surface area contributed by atoms with Gasteiger partial charge in [0.25, 0.3) is 5.91 Å². The molecule has 0 saturated carbocycles. The van der Waals surface area contributed by atoms with E-state index in [4.69, 9.17) is 16.3 Å². The lowest BCUT2D eigenvalue weighted by Crippen LogP contribution is -2.24. The first-order valence-electron chi connectivity index (χ1n) is 9.77. The van der Waals surface area contributed by atoms with Gasteiger partial charge in [0.15, 0.2) is 0 Å². The molecule has 3 aromatic carbocycles. The molecule has 0 aromatic heterocycles. The van der Waals surface area contributed by atoms with Gasteiger partial charge in [-0.2, -0.15) is 0 Å². The van der Waals surface area contributed by atoms with Crippen molar-refractivity contribution in [1.29, 1.82) is 0 Å². The van der Waals surface area contributed by atoms with Crippen LogP contribution in [0.1, 0.15) is 23.7 Å². The molecule has 0 radical (unpaired) electrons. The molecule has 0 bridgehead atoms. The highest BCUT2D eigenvalue weighted by molar-refractivity contribution is 8.00. The van der Waals surface area contributed by atoms with Gasteiger partial charge < -0.3 is 15.4 Å². The molecule has 0 heterocycles. The normalized spacial score (nSPS) is 11.5. The van der Waals surface area contributed by atoms with Crippen LogP contribution < -0.4 is 15.4 Å². The lowest BCUT2D eigenvalue weighted by molar-refractivity contribution is -0.115. The number of carbonyl (C=O) groups is 2. The zero-order valence-electron chi connectivity index (χ0n) is 17.2. The summed E-state index contributed by atoms with van der Waals surface area (Å²) in [5, 5.41) is 6.15. The van der Waals surface area contributed by atoms with E-state index < -0.39 is 0 Å². The van der Waals surface area contributed by atoms with Crippen molar-refractivity contribution >= 4 is 46.6 Å². The van der Waals surface area contributed by atoms with E-state index in [9.17, 15) is 9.59 Å². The summed E-state index contributed by atoms with van der Waals surface area (Å²) in [6.07, 6.45) is 0.657. The maximum atomic E-state index is 12.7. The van der Waals surface area contributed by atoms with E-state index in [1.165, 1.54) is 11.8 Å². The summed E-state index contributed by atoms with van der Waals surface area (Å²) in [6, 6.07) is 21.4. The van der Waals surface area contributed by atoms with E-state index in [-0.39, 0.29) is 17.1 Å². The number of halogens is 1. The molecule has 0 spiro atoms. The van der Waals surface area contributed by atoms with Gasteiger partial charge in [0.05, 0.1) is 12.4 Å². The van der Waals surface area contributed by atoms with E-state index in [0.717, 1.165) is 4.90 Å². The van der Waals surface area contributed by atoms with Gasteiger partial charge in [0, 0.05) is 26.9 Å². The Labute approximate surface area is 191 Å². The molecule has 5 nitrogen and oxygen atoms in total. The largest absolute Gasteiger partial charge is 0.497 e. The third-order valence-electron chi connectivity index (χ3n) is 4.48. The summed E-state index contributed by atoms with van der Waals surface area (Å²) < 4.78 is 5.17. The van der Waals surface area contributed by atoms with E-state index in [1.807, 2.05) is 31.2 Å². The topological polar surface area (TPSA) is 67.4 Å². The predicted molar refractivity (Wildman–Crippen MR) is 127 cm³/mol. The van der Waals surface area contributed by atoms with Crippen molar-refractivity contribution in [1.82, 2.24) is 0 Å². The molecule has 1 unspecified atom stereocenters. The number of methoxy groups -OCH3 is 1. The van der Waals surface area contributed by atoms with E-state index in [1.54, 1.807) is 55.6 Å². The van der Waals surface area contributed by atoms with E-state index >= 15 is 0 Å². The quantitative estimate of drug-likeness (QED) is 0.403. The molecule has 0 saturated heterocycles. The molecule has 160 valence electrons. The number of rotatable bonds is 8. The fourth-order valence-electron chi connectivity index (χ4n) is 2.86. The van der Waals surface area contributed by atoms with Crippen LogP contribution in [0.25, 0.3) is 0 Å². The molecule has 1 atom stereocenters. The molecule has 0 aliphatic heterocycles. The second-order valence-electron chi connectivity index (χ2n) is 6.72. The van der Waals surface area contributed by atoms with E-state index in [0.29, 0.717) is 34.1 Å². The van der Waals surface area contributed by atoms with Gasteiger partial charge in [0.1, 0.15) is 5.75 Å². The molecule has 0 aliphatic rings. The smallest absolute Gasteiger partial charge is 0.255 e. The van der Waals surface area contributed by atoms with Crippen LogP contribution in [0.5, 0.6) is 5.75 Å². The Morgan fingerprint density at radius 1 is 0.968 bits per heavy atom. The number of hydrogen-bond donors (Lipinski definition) is 2. The number of ether oxygens (including phenoxy) is 1. The van der Waals surface area contributed by atoms with Gasteiger partial charge >= 0.3 is 0 Å². The van der Waals surface area contributed by atoms with Crippen molar-refractivity contribution in [2.75, 3.05) is 17.7 Å². The van der Waals surface area contributed by atoms with Crippen molar-refractivity contribution in [3.63, 3.8) is 0 Å². The third-order valence-corrected chi connectivity index (χ3v) is 6.09.